The number of aromatic nitrogens is 2. The molecule has 0 radical (unpaired) electrons. The fraction of sp³-hybridized carbons (Fsp3) is 0.238. The van der Waals surface area contributed by atoms with Gasteiger partial charge in [0.2, 0.25) is 5.91 Å². The van der Waals surface area contributed by atoms with Gasteiger partial charge in [0.05, 0.1) is 17.2 Å². The van der Waals surface area contributed by atoms with Crippen molar-refractivity contribution in [2.24, 2.45) is 5.73 Å². The van der Waals surface area contributed by atoms with Gasteiger partial charge in [-0.1, -0.05) is 17.7 Å². The molecule has 2 amide bonds. The van der Waals surface area contributed by atoms with Crippen LogP contribution in [0.3, 0.4) is 0 Å². The summed E-state index contributed by atoms with van der Waals surface area (Å²) in [5.41, 5.74) is 9.47. The lowest BCUT2D eigenvalue weighted by molar-refractivity contribution is -0.123. The summed E-state index contributed by atoms with van der Waals surface area (Å²) >= 11 is 7.30. The molecule has 2 heterocycles. The second-order valence-corrected chi connectivity index (χ2v) is 8.37. The normalized spacial score (nSPS) is 16.2. The molecule has 0 aliphatic heterocycles. The van der Waals surface area contributed by atoms with Crippen molar-refractivity contribution in [1.82, 2.24) is 14.9 Å². The molecule has 30 heavy (non-hydrogen) atoms. The van der Waals surface area contributed by atoms with Crippen LogP contribution >= 0.6 is 22.9 Å². The number of hydrogen-bond donors (Lipinski definition) is 1. The minimum atomic E-state index is -1.08. The number of benzene rings is 1. The summed E-state index contributed by atoms with van der Waals surface area (Å²) in [6, 6.07) is 4.63. The number of halogens is 2. The fourth-order valence-electron chi connectivity index (χ4n) is 3.97. The molecule has 0 bridgehead atoms. The standard InChI is InChI=1S/C21H18ClFN4O2S/c1-11-19(30-10-26-11)21(29)27(18(20(24)28)12-3-2-6-25-9-12)17-5-4-14-15(17)7-13(22)8-16(14)23/h2-3,6-10,17-18H,4-5H2,1H3,(H2,24,28)/t17-,18-/m1/s1. The van der Waals surface area contributed by atoms with E-state index >= 15 is 0 Å². The molecule has 1 aromatic carbocycles. The van der Waals surface area contributed by atoms with Crippen LogP contribution in [0.15, 0.2) is 42.2 Å². The summed E-state index contributed by atoms with van der Waals surface area (Å²) in [6.07, 6.45) is 3.94. The molecule has 2 aromatic heterocycles. The molecule has 9 heteroatoms. The van der Waals surface area contributed by atoms with Crippen molar-refractivity contribution in [2.45, 2.75) is 31.8 Å². The van der Waals surface area contributed by atoms with Crippen LogP contribution in [0.5, 0.6) is 0 Å². The first kappa shape index (κ1) is 20.4. The maximum absolute atomic E-state index is 14.5. The average molecular weight is 445 g/mol. The Bertz CT molecular complexity index is 1120. The number of nitrogens with zero attached hydrogens (tertiary/aromatic N) is 3. The van der Waals surface area contributed by atoms with Gasteiger partial charge >= 0.3 is 0 Å². The van der Waals surface area contributed by atoms with Crippen LogP contribution in [0, 0.1) is 12.7 Å². The van der Waals surface area contributed by atoms with Crippen LogP contribution in [0.1, 0.15) is 50.6 Å². The zero-order chi connectivity index (χ0) is 21.4. The molecule has 4 rings (SSSR count). The van der Waals surface area contributed by atoms with Gasteiger partial charge in [0.15, 0.2) is 0 Å². The summed E-state index contributed by atoms with van der Waals surface area (Å²) in [6.45, 7) is 1.73. The summed E-state index contributed by atoms with van der Waals surface area (Å²) in [5, 5.41) is 0.233. The highest BCUT2D eigenvalue weighted by atomic mass is 35.5. The Morgan fingerprint density at radius 3 is 2.83 bits per heavy atom. The SMILES string of the molecule is Cc1ncsc1C(=O)N([C@@H]1CCc2c(F)cc(Cl)cc21)[C@@H](C(N)=O)c1cccnc1. The van der Waals surface area contributed by atoms with Gasteiger partial charge in [0.25, 0.3) is 5.91 Å². The van der Waals surface area contributed by atoms with Gasteiger partial charge in [0.1, 0.15) is 16.7 Å². The lowest BCUT2D eigenvalue weighted by Crippen LogP contribution is -2.43. The van der Waals surface area contributed by atoms with Crippen LogP contribution in [0.4, 0.5) is 4.39 Å². The minimum Gasteiger partial charge on any atom is -0.368 e. The summed E-state index contributed by atoms with van der Waals surface area (Å²) in [5.74, 6) is -1.51. The van der Waals surface area contributed by atoms with Gasteiger partial charge in [-0.15, -0.1) is 11.3 Å². The van der Waals surface area contributed by atoms with Gasteiger partial charge in [-0.05, 0) is 49.1 Å². The number of nitrogens with two attached hydrogens (primary N) is 1. The second kappa shape index (κ2) is 8.12. The van der Waals surface area contributed by atoms with E-state index in [9.17, 15) is 14.0 Å². The average Bonchev–Trinajstić information content (AvgIpc) is 3.32. The second-order valence-electron chi connectivity index (χ2n) is 7.08. The van der Waals surface area contributed by atoms with E-state index in [0.717, 1.165) is 0 Å². The van der Waals surface area contributed by atoms with E-state index in [1.807, 2.05) is 0 Å². The fourth-order valence-corrected chi connectivity index (χ4v) is 4.93. The third kappa shape index (κ3) is 3.57. The number of primary amides is 1. The molecule has 0 saturated heterocycles. The number of fused-ring (bicyclic) bond motifs is 1. The summed E-state index contributed by atoms with van der Waals surface area (Å²) < 4.78 is 14.5. The Morgan fingerprint density at radius 2 is 2.20 bits per heavy atom. The van der Waals surface area contributed by atoms with Gasteiger partial charge < -0.3 is 10.6 Å². The van der Waals surface area contributed by atoms with E-state index in [1.54, 1.807) is 36.8 Å². The lowest BCUT2D eigenvalue weighted by Gasteiger charge is -2.35. The van der Waals surface area contributed by atoms with Gasteiger partial charge in [0, 0.05) is 23.0 Å². The van der Waals surface area contributed by atoms with E-state index in [1.165, 1.54) is 28.5 Å². The Hall–Kier alpha value is -2.84. The number of thiazole rings is 1. The summed E-state index contributed by atoms with van der Waals surface area (Å²) in [7, 11) is 0. The van der Waals surface area contributed by atoms with Crippen molar-refractivity contribution in [3.8, 4) is 0 Å². The quantitative estimate of drug-likeness (QED) is 0.644. The molecule has 1 aliphatic carbocycles. The van der Waals surface area contributed by atoms with E-state index in [4.69, 9.17) is 17.3 Å². The topological polar surface area (TPSA) is 89.2 Å². The zero-order valence-electron chi connectivity index (χ0n) is 16.0. The highest BCUT2D eigenvalue weighted by Gasteiger charge is 2.41. The van der Waals surface area contributed by atoms with Crippen molar-refractivity contribution >= 4 is 34.8 Å². The number of carbonyl (C=O) groups is 2. The van der Waals surface area contributed by atoms with E-state index in [0.29, 0.717) is 40.1 Å². The van der Waals surface area contributed by atoms with Crippen molar-refractivity contribution in [2.75, 3.05) is 0 Å². The van der Waals surface area contributed by atoms with Gasteiger partial charge in [-0.2, -0.15) is 0 Å². The van der Waals surface area contributed by atoms with Crippen LogP contribution in [0.2, 0.25) is 5.02 Å². The number of rotatable bonds is 5. The largest absolute Gasteiger partial charge is 0.368 e. The number of aryl methyl sites for hydroxylation is 1. The Kier molecular flexibility index (Phi) is 5.53. The first-order chi connectivity index (χ1) is 14.4. The third-order valence-electron chi connectivity index (χ3n) is 5.28. The van der Waals surface area contributed by atoms with Gasteiger partial charge in [-0.3, -0.25) is 14.6 Å². The van der Waals surface area contributed by atoms with Gasteiger partial charge in [-0.25, -0.2) is 9.37 Å². The van der Waals surface area contributed by atoms with E-state index in [-0.39, 0.29) is 10.9 Å². The molecule has 3 aromatic rings. The monoisotopic (exact) mass is 444 g/mol. The smallest absolute Gasteiger partial charge is 0.267 e. The van der Waals surface area contributed by atoms with Crippen LogP contribution < -0.4 is 5.73 Å². The van der Waals surface area contributed by atoms with Crippen molar-refractivity contribution in [1.29, 1.82) is 0 Å². The number of hydrogen-bond acceptors (Lipinski definition) is 5. The molecule has 2 N–H and O–H groups in total. The molecular weight excluding hydrogens is 427 g/mol. The molecule has 1 aliphatic rings. The molecule has 154 valence electrons. The highest BCUT2D eigenvalue weighted by Crippen LogP contribution is 2.43. The van der Waals surface area contributed by atoms with Crippen LogP contribution in [-0.4, -0.2) is 26.7 Å². The van der Waals surface area contributed by atoms with Crippen LogP contribution in [-0.2, 0) is 11.2 Å². The minimum absolute atomic E-state index is 0.233. The van der Waals surface area contributed by atoms with Crippen LogP contribution in [0.25, 0.3) is 0 Å². The van der Waals surface area contributed by atoms with Crippen molar-refractivity contribution in [3.05, 3.63) is 80.3 Å². The molecule has 0 unspecified atom stereocenters. The number of pyridine rings is 1. The molecule has 0 saturated carbocycles. The number of amides is 2. The van der Waals surface area contributed by atoms with Crippen molar-refractivity contribution < 1.29 is 14.0 Å². The van der Waals surface area contributed by atoms with E-state index in [2.05, 4.69) is 9.97 Å². The van der Waals surface area contributed by atoms with Crippen molar-refractivity contribution in [3.63, 3.8) is 0 Å². The third-order valence-corrected chi connectivity index (χ3v) is 6.41. The summed E-state index contributed by atoms with van der Waals surface area (Å²) in [4.78, 5) is 36.3. The Balaban J connectivity index is 1.89. The van der Waals surface area contributed by atoms with E-state index < -0.39 is 23.8 Å². The predicted octanol–water partition coefficient (Wildman–Crippen LogP) is 4.00. The molecule has 2 atom stereocenters. The Morgan fingerprint density at radius 1 is 1.40 bits per heavy atom. The maximum Gasteiger partial charge on any atom is 0.267 e. The first-order valence-corrected chi connectivity index (χ1v) is 10.5. The Labute approximate surface area is 181 Å². The lowest BCUT2D eigenvalue weighted by atomic mass is 9.99. The molecule has 0 fully saturated rings. The number of carbonyl (C=O) groups excluding carboxylic acids is 2. The molecule has 6 nitrogen and oxygen atoms in total. The maximum atomic E-state index is 14.5. The highest BCUT2D eigenvalue weighted by molar-refractivity contribution is 7.11. The zero-order valence-corrected chi connectivity index (χ0v) is 17.6. The molecular formula is C21H18ClFN4O2S. The molecule has 0 spiro atoms. The first-order valence-electron chi connectivity index (χ1n) is 9.28. The predicted molar refractivity (Wildman–Crippen MR) is 112 cm³/mol.